The summed E-state index contributed by atoms with van der Waals surface area (Å²) >= 11 is 0.754. The topological polar surface area (TPSA) is 121 Å². The molecule has 2 aliphatic heterocycles. The first-order valence-electron chi connectivity index (χ1n) is 15.0. The quantitative estimate of drug-likeness (QED) is 0.175. The standard InChI is InChI=1S/C34H28F3N5O4S/c1-18-12-22-28(27(37)25(18)21-8-9-24(36)29-26(21)23(14-38)31(47-29)41-33(43)44)39-32(40-30(22)45-16-19-6-3-2-4-7-19)46-17-34-10-5-11-42(34)15-20(35)13-34/h2-4,6-9,12,20,41H,5,10-11,13,15-17H2,1H3,(H,43,44)/t20-,34+/m1/s1. The SMILES string of the molecule is Cc1cc2c(OCc3ccccc3)nc(OC[C@@]34CCCN3C[C@H](F)C4)nc2c(F)c1-c1ccc(F)c2sc(NC(=O)O)c(C#N)c12. The van der Waals surface area contributed by atoms with Crippen molar-refractivity contribution in [3.63, 3.8) is 0 Å². The second-order valence-electron chi connectivity index (χ2n) is 11.9. The van der Waals surface area contributed by atoms with Crippen LogP contribution in [0.1, 0.15) is 36.0 Å². The Morgan fingerprint density at radius 3 is 2.79 bits per heavy atom. The number of aryl methyl sites for hydroxylation is 1. The summed E-state index contributed by atoms with van der Waals surface area (Å²) < 4.78 is 58.5. The Hall–Kier alpha value is -4.93. The summed E-state index contributed by atoms with van der Waals surface area (Å²) in [7, 11) is 0. The smallest absolute Gasteiger partial charge is 0.409 e. The van der Waals surface area contributed by atoms with Gasteiger partial charge < -0.3 is 14.6 Å². The minimum absolute atomic E-state index is 0.00314. The van der Waals surface area contributed by atoms with Crippen molar-refractivity contribution in [1.82, 2.24) is 14.9 Å². The zero-order chi connectivity index (χ0) is 32.9. The van der Waals surface area contributed by atoms with E-state index in [1.54, 1.807) is 13.0 Å². The number of rotatable bonds is 8. The van der Waals surface area contributed by atoms with E-state index < -0.39 is 29.4 Å². The van der Waals surface area contributed by atoms with E-state index in [0.717, 1.165) is 42.4 Å². The van der Waals surface area contributed by atoms with Crippen LogP contribution in [0.2, 0.25) is 0 Å². The predicted octanol–water partition coefficient (Wildman–Crippen LogP) is 7.59. The Morgan fingerprint density at radius 1 is 1.21 bits per heavy atom. The summed E-state index contributed by atoms with van der Waals surface area (Å²) in [4.78, 5) is 22.5. The van der Waals surface area contributed by atoms with Gasteiger partial charge >= 0.3 is 12.1 Å². The van der Waals surface area contributed by atoms with Gasteiger partial charge in [0.2, 0.25) is 5.88 Å². The molecule has 3 aromatic carbocycles. The Morgan fingerprint density at radius 2 is 2.02 bits per heavy atom. The summed E-state index contributed by atoms with van der Waals surface area (Å²) in [6, 6.07) is 15.4. The summed E-state index contributed by atoms with van der Waals surface area (Å²) in [5.41, 5.74) is 0.789. The molecule has 2 aromatic heterocycles. The van der Waals surface area contributed by atoms with Crippen molar-refractivity contribution < 1.29 is 32.5 Å². The van der Waals surface area contributed by atoms with Gasteiger partial charge in [-0.25, -0.2) is 18.0 Å². The van der Waals surface area contributed by atoms with Crippen LogP contribution in [0.15, 0.2) is 48.5 Å². The van der Waals surface area contributed by atoms with Crippen LogP contribution in [0.4, 0.5) is 23.0 Å². The van der Waals surface area contributed by atoms with E-state index in [9.17, 15) is 19.6 Å². The molecule has 2 fully saturated rings. The number of benzene rings is 3. The van der Waals surface area contributed by atoms with Gasteiger partial charge in [0.1, 0.15) is 41.8 Å². The fourth-order valence-corrected chi connectivity index (χ4v) is 7.93. The van der Waals surface area contributed by atoms with Crippen LogP contribution in [-0.2, 0) is 6.61 Å². The predicted molar refractivity (Wildman–Crippen MR) is 171 cm³/mol. The number of nitrogens with zero attached hydrogens (tertiary/aromatic N) is 4. The van der Waals surface area contributed by atoms with Gasteiger partial charge in [-0.15, -0.1) is 11.3 Å². The number of nitrogens with one attached hydrogen (secondary N) is 1. The fraction of sp³-hybridized carbons (Fsp3) is 0.294. The Kier molecular flexibility index (Phi) is 7.85. The first kappa shape index (κ1) is 30.7. The molecular formula is C34H28F3N5O4S. The molecule has 5 aromatic rings. The third-order valence-corrected chi connectivity index (χ3v) is 10.0. The van der Waals surface area contributed by atoms with Crippen LogP contribution in [0.25, 0.3) is 32.1 Å². The Balaban J connectivity index is 1.37. The van der Waals surface area contributed by atoms with Gasteiger partial charge in [0, 0.05) is 23.9 Å². The molecule has 2 aliphatic rings. The van der Waals surface area contributed by atoms with Crippen molar-refractivity contribution in [2.24, 2.45) is 0 Å². The first-order valence-corrected chi connectivity index (χ1v) is 15.8. The molecule has 47 heavy (non-hydrogen) atoms. The van der Waals surface area contributed by atoms with Crippen molar-refractivity contribution in [1.29, 1.82) is 5.26 Å². The molecule has 13 heteroatoms. The maximum absolute atomic E-state index is 16.9. The third kappa shape index (κ3) is 5.47. The highest BCUT2D eigenvalue weighted by atomic mass is 32.1. The average molecular weight is 660 g/mol. The molecular weight excluding hydrogens is 631 g/mol. The van der Waals surface area contributed by atoms with E-state index in [0.29, 0.717) is 18.5 Å². The number of hydrogen-bond acceptors (Lipinski definition) is 8. The van der Waals surface area contributed by atoms with Crippen molar-refractivity contribution in [2.75, 3.05) is 25.0 Å². The van der Waals surface area contributed by atoms with Crippen LogP contribution in [0.3, 0.4) is 0 Å². The maximum atomic E-state index is 16.9. The van der Waals surface area contributed by atoms with E-state index in [1.807, 2.05) is 36.4 Å². The van der Waals surface area contributed by atoms with Crippen molar-refractivity contribution >= 4 is 43.4 Å². The number of thiophene rings is 1. The van der Waals surface area contributed by atoms with Gasteiger partial charge in [0.15, 0.2) is 5.82 Å². The lowest BCUT2D eigenvalue weighted by atomic mass is 9.93. The largest absolute Gasteiger partial charge is 0.472 e. The van der Waals surface area contributed by atoms with Gasteiger partial charge in [-0.2, -0.15) is 15.2 Å². The molecule has 4 heterocycles. The normalized spacial score (nSPS) is 19.2. The molecule has 0 bridgehead atoms. The van der Waals surface area contributed by atoms with E-state index >= 15 is 8.78 Å². The summed E-state index contributed by atoms with van der Waals surface area (Å²) in [5.74, 6) is -1.37. The number of fused-ring (bicyclic) bond motifs is 3. The van der Waals surface area contributed by atoms with Crippen molar-refractivity contribution in [3.05, 3.63) is 76.9 Å². The van der Waals surface area contributed by atoms with Crippen molar-refractivity contribution in [2.45, 2.75) is 44.5 Å². The minimum atomic E-state index is -1.42. The monoisotopic (exact) mass is 659 g/mol. The molecule has 2 N–H and O–H groups in total. The number of nitriles is 1. The molecule has 2 saturated heterocycles. The number of ether oxygens (including phenoxy) is 2. The number of anilines is 1. The fourth-order valence-electron chi connectivity index (χ4n) is 6.86. The average Bonchev–Trinajstić information content (AvgIpc) is 3.70. The van der Waals surface area contributed by atoms with Crippen LogP contribution < -0.4 is 14.8 Å². The highest BCUT2D eigenvalue weighted by Gasteiger charge is 2.49. The molecule has 0 unspecified atom stereocenters. The number of aromatic nitrogens is 2. The van der Waals surface area contributed by atoms with Crippen LogP contribution in [0, 0.1) is 29.9 Å². The number of carbonyl (C=O) groups is 1. The van der Waals surface area contributed by atoms with E-state index in [4.69, 9.17) is 9.47 Å². The third-order valence-electron chi connectivity index (χ3n) is 8.91. The molecule has 1 amide bonds. The summed E-state index contributed by atoms with van der Waals surface area (Å²) in [6.07, 6.45) is -0.373. The highest BCUT2D eigenvalue weighted by molar-refractivity contribution is 7.23. The molecule has 0 radical (unpaired) electrons. The van der Waals surface area contributed by atoms with E-state index in [2.05, 4.69) is 20.2 Å². The lowest BCUT2D eigenvalue weighted by Gasteiger charge is -2.30. The van der Waals surface area contributed by atoms with Crippen molar-refractivity contribution in [3.8, 4) is 29.1 Å². The van der Waals surface area contributed by atoms with Gasteiger partial charge in [-0.1, -0.05) is 36.4 Å². The number of halogens is 3. The van der Waals surface area contributed by atoms with Gasteiger partial charge in [-0.05, 0) is 55.1 Å². The zero-order valence-electron chi connectivity index (χ0n) is 25.1. The zero-order valence-corrected chi connectivity index (χ0v) is 26.0. The molecule has 240 valence electrons. The number of hydrogen-bond donors (Lipinski definition) is 2. The number of amides is 1. The Labute approximate surface area is 271 Å². The van der Waals surface area contributed by atoms with Gasteiger partial charge in [-0.3, -0.25) is 10.2 Å². The second-order valence-corrected chi connectivity index (χ2v) is 12.9. The van der Waals surface area contributed by atoms with Gasteiger partial charge in [0.05, 0.1) is 21.2 Å². The van der Waals surface area contributed by atoms with E-state index in [1.165, 1.54) is 6.07 Å². The molecule has 7 rings (SSSR count). The minimum Gasteiger partial charge on any atom is -0.472 e. The van der Waals surface area contributed by atoms with Crippen LogP contribution >= 0.6 is 11.3 Å². The number of alkyl halides is 1. The molecule has 0 spiro atoms. The Bertz CT molecular complexity index is 2090. The molecule has 2 atom stereocenters. The highest BCUT2D eigenvalue weighted by Crippen LogP contribution is 2.45. The van der Waals surface area contributed by atoms with Crippen LogP contribution in [0.5, 0.6) is 11.9 Å². The van der Waals surface area contributed by atoms with Gasteiger partial charge in [0.25, 0.3) is 0 Å². The lowest BCUT2D eigenvalue weighted by molar-refractivity contribution is 0.106. The molecule has 9 nitrogen and oxygen atoms in total. The summed E-state index contributed by atoms with van der Waals surface area (Å²) in [6.45, 7) is 3.03. The molecule has 0 aliphatic carbocycles. The number of carboxylic acid groups (broad SMARTS) is 1. The summed E-state index contributed by atoms with van der Waals surface area (Å²) in [5, 5.41) is 21.7. The maximum Gasteiger partial charge on any atom is 0.409 e. The first-order chi connectivity index (χ1) is 22.7. The lowest BCUT2D eigenvalue weighted by Crippen LogP contribution is -2.43. The second kappa shape index (κ2) is 12.0. The van der Waals surface area contributed by atoms with E-state index in [-0.39, 0.29) is 67.8 Å². The molecule has 0 saturated carbocycles. The van der Waals surface area contributed by atoms with Crippen LogP contribution in [-0.4, -0.2) is 57.5 Å².